The number of aromatic amines is 4. The summed E-state index contributed by atoms with van der Waals surface area (Å²) in [5, 5.41) is 7.30. The van der Waals surface area contributed by atoms with Gasteiger partial charge in [-0.25, -0.2) is 9.78 Å². The first-order valence-electron chi connectivity index (χ1n) is 8.31. The Kier molecular flexibility index (Phi) is 2.94. The molecule has 0 aliphatic heterocycles. The van der Waals surface area contributed by atoms with Crippen LogP contribution in [-0.4, -0.2) is 30.1 Å². The summed E-state index contributed by atoms with van der Waals surface area (Å²) in [7, 11) is 0. The van der Waals surface area contributed by atoms with Gasteiger partial charge in [0, 0.05) is 5.56 Å². The molecule has 128 valence electrons. The summed E-state index contributed by atoms with van der Waals surface area (Å²) >= 11 is 0. The number of hydrogen-bond acceptors (Lipinski definition) is 3. The van der Waals surface area contributed by atoms with Crippen LogP contribution < -0.4 is 5.69 Å². The molecule has 0 amide bonds. The number of nitrogens with zero attached hydrogens (tertiary/aromatic N) is 2. The highest BCUT2D eigenvalue weighted by Crippen LogP contribution is 2.31. The lowest BCUT2D eigenvalue weighted by Gasteiger charge is -2.05. The Morgan fingerprint density at radius 3 is 2.50 bits per heavy atom. The van der Waals surface area contributed by atoms with Crippen LogP contribution in [0.2, 0.25) is 0 Å². The van der Waals surface area contributed by atoms with Gasteiger partial charge >= 0.3 is 5.69 Å². The molecule has 3 aromatic heterocycles. The fraction of sp³-hybridized carbons (Fsp3) is 0.105. The molecule has 0 spiro atoms. The number of nitrogens with one attached hydrogen (secondary N) is 4. The third-order valence-electron chi connectivity index (χ3n) is 4.81. The molecule has 7 nitrogen and oxygen atoms in total. The lowest BCUT2D eigenvalue weighted by atomic mass is 10.0. The van der Waals surface area contributed by atoms with Crippen molar-refractivity contribution in [1.82, 2.24) is 30.1 Å². The van der Waals surface area contributed by atoms with Gasteiger partial charge in [0.1, 0.15) is 5.82 Å². The van der Waals surface area contributed by atoms with Gasteiger partial charge in [0.15, 0.2) is 0 Å². The fourth-order valence-corrected chi connectivity index (χ4v) is 3.25. The number of rotatable bonds is 2. The van der Waals surface area contributed by atoms with Crippen molar-refractivity contribution in [2.75, 3.05) is 0 Å². The topological polar surface area (TPSA) is 106 Å². The van der Waals surface area contributed by atoms with Gasteiger partial charge in [-0.3, -0.25) is 5.10 Å². The Hall–Kier alpha value is -3.61. The average molecular weight is 344 g/mol. The maximum atomic E-state index is 11.4. The monoisotopic (exact) mass is 344 g/mol. The Bertz CT molecular complexity index is 1280. The molecule has 0 saturated heterocycles. The molecule has 5 aromatic rings. The van der Waals surface area contributed by atoms with E-state index in [2.05, 4.69) is 62.2 Å². The zero-order valence-electron chi connectivity index (χ0n) is 14.3. The summed E-state index contributed by atoms with van der Waals surface area (Å²) in [6.45, 7) is 4.19. The normalized spacial score (nSPS) is 11.6. The van der Waals surface area contributed by atoms with Crippen molar-refractivity contribution in [1.29, 1.82) is 0 Å². The Morgan fingerprint density at radius 2 is 1.69 bits per heavy atom. The van der Waals surface area contributed by atoms with E-state index in [4.69, 9.17) is 0 Å². The summed E-state index contributed by atoms with van der Waals surface area (Å²) in [4.78, 5) is 25.0. The Labute approximate surface area is 147 Å². The predicted molar refractivity (Wildman–Crippen MR) is 101 cm³/mol. The van der Waals surface area contributed by atoms with Crippen LogP contribution >= 0.6 is 0 Å². The molecule has 0 atom stereocenters. The first kappa shape index (κ1) is 14.7. The van der Waals surface area contributed by atoms with Crippen LogP contribution in [0.3, 0.4) is 0 Å². The highest BCUT2D eigenvalue weighted by Gasteiger charge is 2.15. The average Bonchev–Trinajstić information content (AvgIpc) is 3.30. The molecule has 0 saturated carbocycles. The van der Waals surface area contributed by atoms with Crippen molar-refractivity contribution in [2.45, 2.75) is 13.8 Å². The van der Waals surface area contributed by atoms with E-state index >= 15 is 0 Å². The summed E-state index contributed by atoms with van der Waals surface area (Å²) < 4.78 is 0. The van der Waals surface area contributed by atoms with Gasteiger partial charge in [-0.2, -0.15) is 5.10 Å². The molecule has 2 aromatic carbocycles. The molecule has 0 aliphatic carbocycles. The third-order valence-corrected chi connectivity index (χ3v) is 4.81. The summed E-state index contributed by atoms with van der Waals surface area (Å²) in [6.07, 6.45) is 1.77. The number of imidazole rings is 2. The van der Waals surface area contributed by atoms with E-state index in [1.807, 2.05) is 12.1 Å². The van der Waals surface area contributed by atoms with E-state index < -0.39 is 0 Å². The number of fused-ring (bicyclic) bond motifs is 2. The molecule has 0 unspecified atom stereocenters. The van der Waals surface area contributed by atoms with Gasteiger partial charge in [0.25, 0.3) is 0 Å². The molecule has 7 heteroatoms. The second-order valence-electron chi connectivity index (χ2n) is 6.54. The highest BCUT2D eigenvalue weighted by molar-refractivity contribution is 5.93. The van der Waals surface area contributed by atoms with Crippen molar-refractivity contribution in [3.8, 4) is 22.6 Å². The standard InChI is InChI=1S/C19H16N6O/c1-9-3-4-11(5-10(9)2)17-12(8-20-25-17)18-21-13-6-15-16(7-14(13)22-18)24-19(26)23-15/h3-8H,1-2H3,(H,20,25)(H,21,22)(H2,23,24,26). The maximum Gasteiger partial charge on any atom is 0.323 e. The molecule has 4 N–H and O–H groups in total. The number of aromatic nitrogens is 6. The minimum absolute atomic E-state index is 0.222. The molecular formula is C19H16N6O. The predicted octanol–water partition coefficient (Wildman–Crippen LogP) is 3.41. The van der Waals surface area contributed by atoms with Crippen LogP contribution in [0, 0.1) is 13.8 Å². The molecule has 0 radical (unpaired) electrons. The lowest BCUT2D eigenvalue weighted by molar-refractivity contribution is 1.09. The van der Waals surface area contributed by atoms with Gasteiger partial charge in [-0.15, -0.1) is 0 Å². The number of hydrogen-bond donors (Lipinski definition) is 4. The molecule has 0 aliphatic rings. The van der Waals surface area contributed by atoms with Gasteiger partial charge in [0.05, 0.1) is 39.5 Å². The second-order valence-corrected chi connectivity index (χ2v) is 6.54. The van der Waals surface area contributed by atoms with Crippen LogP contribution in [0.4, 0.5) is 0 Å². The molecular weight excluding hydrogens is 328 g/mol. The van der Waals surface area contributed by atoms with E-state index in [-0.39, 0.29) is 5.69 Å². The van der Waals surface area contributed by atoms with E-state index in [9.17, 15) is 4.79 Å². The minimum Gasteiger partial charge on any atom is -0.338 e. The minimum atomic E-state index is -0.222. The largest absolute Gasteiger partial charge is 0.338 e. The zero-order valence-corrected chi connectivity index (χ0v) is 14.3. The highest BCUT2D eigenvalue weighted by atomic mass is 16.1. The van der Waals surface area contributed by atoms with Crippen molar-refractivity contribution >= 4 is 22.1 Å². The van der Waals surface area contributed by atoms with Gasteiger partial charge in [-0.1, -0.05) is 12.1 Å². The van der Waals surface area contributed by atoms with Crippen LogP contribution in [-0.2, 0) is 0 Å². The van der Waals surface area contributed by atoms with Crippen molar-refractivity contribution in [3.05, 3.63) is 58.1 Å². The number of H-pyrrole nitrogens is 4. The third kappa shape index (κ3) is 2.17. The maximum absolute atomic E-state index is 11.4. The first-order chi connectivity index (χ1) is 12.6. The summed E-state index contributed by atoms with van der Waals surface area (Å²) in [5.74, 6) is 0.733. The molecule has 0 bridgehead atoms. The van der Waals surface area contributed by atoms with Crippen LogP contribution in [0.5, 0.6) is 0 Å². The van der Waals surface area contributed by atoms with Crippen molar-refractivity contribution in [3.63, 3.8) is 0 Å². The smallest absolute Gasteiger partial charge is 0.323 e. The molecule has 3 heterocycles. The van der Waals surface area contributed by atoms with Crippen molar-refractivity contribution in [2.24, 2.45) is 0 Å². The van der Waals surface area contributed by atoms with Gasteiger partial charge in [0.2, 0.25) is 0 Å². The zero-order chi connectivity index (χ0) is 17.8. The van der Waals surface area contributed by atoms with Crippen molar-refractivity contribution < 1.29 is 0 Å². The second kappa shape index (κ2) is 5.19. The molecule has 0 fully saturated rings. The van der Waals surface area contributed by atoms with E-state index in [1.165, 1.54) is 11.1 Å². The quantitative estimate of drug-likeness (QED) is 0.394. The molecule has 26 heavy (non-hydrogen) atoms. The summed E-state index contributed by atoms with van der Waals surface area (Å²) in [5.41, 5.74) is 8.28. The van der Waals surface area contributed by atoms with Crippen LogP contribution in [0.15, 0.2) is 41.3 Å². The van der Waals surface area contributed by atoms with Crippen LogP contribution in [0.1, 0.15) is 11.1 Å². The van der Waals surface area contributed by atoms with Crippen LogP contribution in [0.25, 0.3) is 44.7 Å². The van der Waals surface area contributed by atoms with E-state index in [1.54, 1.807) is 6.20 Å². The fourth-order valence-electron chi connectivity index (χ4n) is 3.25. The van der Waals surface area contributed by atoms with Gasteiger partial charge in [-0.05, 0) is 43.2 Å². The Balaban J connectivity index is 1.67. The SMILES string of the molecule is Cc1ccc(-c2[nH]ncc2-c2nc3cc4[nH]c(=O)[nH]c4cc3[nH]2)cc1C. The van der Waals surface area contributed by atoms with Gasteiger partial charge < -0.3 is 15.0 Å². The number of benzene rings is 2. The lowest BCUT2D eigenvalue weighted by Crippen LogP contribution is -1.99. The first-order valence-corrected chi connectivity index (χ1v) is 8.31. The Morgan fingerprint density at radius 1 is 0.885 bits per heavy atom. The molecule has 5 rings (SSSR count). The number of aryl methyl sites for hydroxylation is 2. The van der Waals surface area contributed by atoms with E-state index in [0.717, 1.165) is 44.7 Å². The summed E-state index contributed by atoms with van der Waals surface area (Å²) in [6, 6.07) is 10.1. The van der Waals surface area contributed by atoms with E-state index in [0.29, 0.717) is 0 Å².